The summed E-state index contributed by atoms with van der Waals surface area (Å²) in [5, 5.41) is 4.41. The van der Waals surface area contributed by atoms with Crippen LogP contribution in [0.1, 0.15) is 10.6 Å². The van der Waals surface area contributed by atoms with E-state index in [1.54, 1.807) is 11.3 Å². The lowest BCUT2D eigenvalue weighted by Crippen LogP contribution is -1.90. The lowest BCUT2D eigenvalue weighted by molar-refractivity contribution is 1.14. The van der Waals surface area contributed by atoms with Crippen molar-refractivity contribution in [2.75, 3.05) is 0 Å². The molecule has 0 saturated heterocycles. The highest BCUT2D eigenvalue weighted by Gasteiger charge is 2.11. The van der Waals surface area contributed by atoms with Crippen molar-refractivity contribution in [3.8, 4) is 11.3 Å². The average Bonchev–Trinajstić information content (AvgIpc) is 2.92. The molecule has 0 saturated carbocycles. The molecule has 3 rings (SSSR count). The maximum absolute atomic E-state index is 6.21. The van der Waals surface area contributed by atoms with Crippen LogP contribution in [0, 0.1) is 0 Å². The van der Waals surface area contributed by atoms with Crippen LogP contribution < -0.4 is 0 Å². The third-order valence-corrected chi connectivity index (χ3v) is 5.34. The quantitative estimate of drug-likeness (QED) is 0.492. The van der Waals surface area contributed by atoms with Crippen LogP contribution in [0.3, 0.4) is 0 Å². The van der Waals surface area contributed by atoms with Gasteiger partial charge in [-0.1, -0.05) is 63.4 Å². The van der Waals surface area contributed by atoms with Crippen LogP contribution in [0.2, 0.25) is 10.0 Å². The number of halogens is 3. The number of hydrogen-bond acceptors (Lipinski definition) is 2. The molecule has 1 nitrogen and oxygen atoms in total. The van der Waals surface area contributed by atoms with Gasteiger partial charge in [-0.15, -0.1) is 11.3 Å². The van der Waals surface area contributed by atoms with Gasteiger partial charge in [0, 0.05) is 31.9 Å². The van der Waals surface area contributed by atoms with E-state index in [0.29, 0.717) is 16.5 Å². The van der Waals surface area contributed by atoms with Crippen LogP contribution >= 0.6 is 50.5 Å². The zero-order valence-electron chi connectivity index (χ0n) is 10.8. The summed E-state index contributed by atoms with van der Waals surface area (Å²) in [6, 6.07) is 13.6. The SMILES string of the molecule is Clc1cccc(Cl)c1Cc1nc(-c2ccccc2Br)cs1. The first kappa shape index (κ1) is 15.0. The minimum atomic E-state index is 0.646. The van der Waals surface area contributed by atoms with Gasteiger partial charge in [0.15, 0.2) is 0 Å². The maximum atomic E-state index is 6.21. The van der Waals surface area contributed by atoms with Crippen LogP contribution in [0.15, 0.2) is 52.3 Å². The Kier molecular flexibility index (Phi) is 4.65. The molecule has 0 N–H and O–H groups in total. The molecule has 0 aliphatic rings. The zero-order chi connectivity index (χ0) is 14.8. The summed E-state index contributed by atoms with van der Waals surface area (Å²) in [7, 11) is 0. The fourth-order valence-corrected chi connectivity index (χ4v) is 3.86. The molecule has 0 aliphatic heterocycles. The van der Waals surface area contributed by atoms with Gasteiger partial charge in [-0.05, 0) is 23.8 Å². The molecule has 3 aromatic rings. The molecule has 1 aromatic heterocycles. The van der Waals surface area contributed by atoms with Gasteiger partial charge in [0.1, 0.15) is 0 Å². The van der Waals surface area contributed by atoms with Gasteiger partial charge >= 0.3 is 0 Å². The molecule has 5 heteroatoms. The average molecular weight is 399 g/mol. The Labute approximate surface area is 145 Å². The normalized spacial score (nSPS) is 10.8. The van der Waals surface area contributed by atoms with Gasteiger partial charge in [-0.2, -0.15) is 0 Å². The third kappa shape index (κ3) is 3.32. The highest BCUT2D eigenvalue weighted by atomic mass is 79.9. The van der Waals surface area contributed by atoms with E-state index >= 15 is 0 Å². The van der Waals surface area contributed by atoms with Crippen molar-refractivity contribution in [3.05, 3.63) is 72.9 Å². The Morgan fingerprint density at radius 3 is 2.43 bits per heavy atom. The molecule has 0 amide bonds. The molecule has 0 bridgehead atoms. The number of hydrogen-bond donors (Lipinski definition) is 0. The van der Waals surface area contributed by atoms with E-state index in [2.05, 4.69) is 21.3 Å². The summed E-state index contributed by atoms with van der Waals surface area (Å²) >= 11 is 17.6. The van der Waals surface area contributed by atoms with Crippen LogP contribution in [0.4, 0.5) is 0 Å². The summed E-state index contributed by atoms with van der Waals surface area (Å²) in [6.07, 6.45) is 0.646. The predicted octanol–water partition coefficient (Wildman–Crippen LogP) is 6.47. The molecule has 106 valence electrons. The molecule has 0 unspecified atom stereocenters. The van der Waals surface area contributed by atoms with Gasteiger partial charge in [-0.3, -0.25) is 0 Å². The van der Waals surface area contributed by atoms with E-state index in [1.165, 1.54) is 0 Å². The second-order valence-corrected chi connectivity index (χ2v) is 7.09. The highest BCUT2D eigenvalue weighted by molar-refractivity contribution is 9.10. The van der Waals surface area contributed by atoms with E-state index in [0.717, 1.165) is 26.3 Å². The van der Waals surface area contributed by atoms with E-state index in [1.807, 2.05) is 42.5 Å². The molecule has 21 heavy (non-hydrogen) atoms. The van der Waals surface area contributed by atoms with Crippen LogP contribution in [-0.2, 0) is 6.42 Å². The van der Waals surface area contributed by atoms with Crippen molar-refractivity contribution in [1.29, 1.82) is 0 Å². The van der Waals surface area contributed by atoms with E-state index in [-0.39, 0.29) is 0 Å². The molecule has 0 spiro atoms. The second kappa shape index (κ2) is 6.49. The predicted molar refractivity (Wildman–Crippen MR) is 94.5 cm³/mol. The maximum Gasteiger partial charge on any atom is 0.0977 e. The lowest BCUT2D eigenvalue weighted by Gasteiger charge is -2.04. The lowest BCUT2D eigenvalue weighted by atomic mass is 10.1. The number of benzene rings is 2. The molecular weight excluding hydrogens is 389 g/mol. The summed E-state index contributed by atoms with van der Waals surface area (Å²) < 4.78 is 1.04. The number of rotatable bonds is 3. The van der Waals surface area contributed by atoms with Crippen molar-refractivity contribution in [2.24, 2.45) is 0 Å². The molecule has 0 aliphatic carbocycles. The van der Waals surface area contributed by atoms with Gasteiger partial charge in [-0.25, -0.2) is 4.98 Å². The molecule has 0 atom stereocenters. The first-order chi connectivity index (χ1) is 10.1. The van der Waals surface area contributed by atoms with E-state index < -0.39 is 0 Å². The summed E-state index contributed by atoms with van der Waals surface area (Å²) in [5.74, 6) is 0. The third-order valence-electron chi connectivity index (χ3n) is 3.09. The fraction of sp³-hybridized carbons (Fsp3) is 0.0625. The number of aromatic nitrogens is 1. The van der Waals surface area contributed by atoms with E-state index in [4.69, 9.17) is 28.2 Å². The summed E-state index contributed by atoms with van der Waals surface area (Å²) in [5.41, 5.74) is 2.98. The monoisotopic (exact) mass is 397 g/mol. The van der Waals surface area contributed by atoms with Gasteiger partial charge < -0.3 is 0 Å². The standard InChI is InChI=1S/C16H10BrCl2NS/c17-12-5-2-1-4-10(12)15-9-21-16(20-15)8-11-13(18)6-3-7-14(11)19/h1-7,9H,8H2. The summed E-state index contributed by atoms with van der Waals surface area (Å²) in [4.78, 5) is 4.69. The molecule has 0 fully saturated rings. The minimum Gasteiger partial charge on any atom is -0.241 e. The fourth-order valence-electron chi connectivity index (χ4n) is 2.04. The Morgan fingerprint density at radius 2 is 1.71 bits per heavy atom. The summed E-state index contributed by atoms with van der Waals surface area (Å²) in [6.45, 7) is 0. The Morgan fingerprint density at radius 1 is 1.00 bits per heavy atom. The van der Waals surface area contributed by atoms with Crippen LogP contribution in [0.25, 0.3) is 11.3 Å². The Balaban J connectivity index is 1.91. The highest BCUT2D eigenvalue weighted by Crippen LogP contribution is 2.32. The van der Waals surface area contributed by atoms with Gasteiger partial charge in [0.05, 0.1) is 10.7 Å². The van der Waals surface area contributed by atoms with Crippen LogP contribution in [0.5, 0.6) is 0 Å². The number of thiazole rings is 1. The van der Waals surface area contributed by atoms with Crippen molar-refractivity contribution < 1.29 is 0 Å². The molecule has 0 radical (unpaired) electrons. The number of nitrogens with zero attached hydrogens (tertiary/aromatic N) is 1. The van der Waals surface area contributed by atoms with Crippen molar-refractivity contribution >= 4 is 50.5 Å². The minimum absolute atomic E-state index is 0.646. The van der Waals surface area contributed by atoms with Crippen LogP contribution in [-0.4, -0.2) is 4.98 Å². The van der Waals surface area contributed by atoms with Crippen molar-refractivity contribution in [2.45, 2.75) is 6.42 Å². The Bertz CT molecular complexity index is 765. The largest absolute Gasteiger partial charge is 0.241 e. The first-order valence-electron chi connectivity index (χ1n) is 6.27. The van der Waals surface area contributed by atoms with Gasteiger partial charge in [0.2, 0.25) is 0 Å². The smallest absolute Gasteiger partial charge is 0.0977 e. The van der Waals surface area contributed by atoms with E-state index in [9.17, 15) is 0 Å². The van der Waals surface area contributed by atoms with Gasteiger partial charge in [0.25, 0.3) is 0 Å². The topological polar surface area (TPSA) is 12.9 Å². The second-order valence-electron chi connectivity index (χ2n) is 4.48. The Hall–Kier alpha value is -0.870. The molecule has 1 heterocycles. The van der Waals surface area contributed by atoms with Crippen molar-refractivity contribution in [1.82, 2.24) is 4.98 Å². The zero-order valence-corrected chi connectivity index (χ0v) is 14.7. The molecular formula is C16H10BrCl2NS. The van der Waals surface area contributed by atoms with Crippen molar-refractivity contribution in [3.63, 3.8) is 0 Å². The molecule has 2 aromatic carbocycles. The first-order valence-corrected chi connectivity index (χ1v) is 8.70.